The summed E-state index contributed by atoms with van der Waals surface area (Å²) in [4.78, 5) is 27.5. The van der Waals surface area contributed by atoms with E-state index in [-0.39, 0.29) is 24.1 Å². The average Bonchev–Trinajstić information content (AvgIpc) is 3.15. The summed E-state index contributed by atoms with van der Waals surface area (Å²) < 4.78 is 16.7. The number of ether oxygens (including phenoxy) is 3. The molecule has 13 heteroatoms. The highest BCUT2D eigenvalue weighted by molar-refractivity contribution is 6.37. The highest BCUT2D eigenvalue weighted by atomic mass is 35.5. The standard InChI is InChI=1S/C19H19Cl2NO3.C18H19Cl2N3O2/c1-24-19(23)13-5-7-14(8-6-13)22-11-9-15(10-12-22)25-18-16(20)3-2-4-17(18)21;19-15-2-1-3-16(20)17(15)25-14-8-10-23(11-9-14)13-6-4-12(5-7-13)18(24)22-21/h2-8,15H,9-12H2,1H3;1-7,14H,8-11,21H2,(H,22,24). The van der Waals surface area contributed by atoms with Crippen molar-refractivity contribution in [3.05, 3.63) is 116 Å². The van der Waals surface area contributed by atoms with Crippen molar-refractivity contribution in [1.82, 2.24) is 5.43 Å². The number of carbonyl (C=O) groups excluding carboxylic acids is 2. The smallest absolute Gasteiger partial charge is 0.337 e. The number of halogens is 4. The Labute approximate surface area is 312 Å². The quantitative estimate of drug-likeness (QED) is 0.0798. The second-order valence-electron chi connectivity index (χ2n) is 11.8. The summed E-state index contributed by atoms with van der Waals surface area (Å²) in [5.41, 5.74) is 5.38. The molecule has 0 aliphatic carbocycles. The minimum Gasteiger partial charge on any atom is -0.487 e. The van der Waals surface area contributed by atoms with Gasteiger partial charge in [0.15, 0.2) is 11.5 Å². The molecular formula is C37H38Cl4N4O5. The SMILES string of the molecule is COC(=O)c1ccc(N2CCC(Oc3c(Cl)cccc3Cl)CC2)cc1.NNC(=O)c1ccc(N2CCC(Oc3c(Cl)cccc3Cl)CC2)cc1. The van der Waals surface area contributed by atoms with Crippen LogP contribution >= 0.6 is 46.4 Å². The Hall–Kier alpha value is -3.86. The Morgan fingerprint density at radius 1 is 0.620 bits per heavy atom. The first-order chi connectivity index (χ1) is 24.2. The van der Waals surface area contributed by atoms with Crippen LogP contribution in [0.15, 0.2) is 84.9 Å². The average molecular weight is 761 g/mol. The lowest BCUT2D eigenvalue weighted by molar-refractivity contribution is 0.0600. The van der Waals surface area contributed by atoms with Gasteiger partial charge in [-0.3, -0.25) is 10.2 Å². The van der Waals surface area contributed by atoms with Crippen molar-refractivity contribution < 1.29 is 23.8 Å². The number of nitrogen functional groups attached to an aromatic ring is 1. The molecule has 0 unspecified atom stereocenters. The number of hydrogen-bond acceptors (Lipinski definition) is 8. The molecule has 4 aromatic carbocycles. The van der Waals surface area contributed by atoms with E-state index in [0.717, 1.165) is 63.2 Å². The van der Waals surface area contributed by atoms with E-state index in [1.54, 1.807) is 60.7 Å². The van der Waals surface area contributed by atoms with Crippen LogP contribution in [0, 0.1) is 0 Å². The van der Waals surface area contributed by atoms with E-state index in [0.29, 0.717) is 42.7 Å². The lowest BCUT2D eigenvalue weighted by Gasteiger charge is -2.34. The van der Waals surface area contributed by atoms with E-state index in [4.69, 9.17) is 66.5 Å². The van der Waals surface area contributed by atoms with Gasteiger partial charge in [-0.1, -0.05) is 58.5 Å². The maximum Gasteiger partial charge on any atom is 0.337 e. The molecule has 2 fully saturated rings. The molecule has 4 aromatic rings. The molecule has 2 aliphatic rings. The third kappa shape index (κ3) is 9.68. The van der Waals surface area contributed by atoms with Crippen molar-refractivity contribution in [2.24, 2.45) is 5.84 Å². The van der Waals surface area contributed by atoms with Gasteiger partial charge in [0, 0.05) is 68.8 Å². The van der Waals surface area contributed by atoms with Gasteiger partial charge in [-0.05, 0) is 72.8 Å². The number of rotatable bonds is 8. The fourth-order valence-electron chi connectivity index (χ4n) is 5.82. The van der Waals surface area contributed by atoms with E-state index < -0.39 is 0 Å². The molecule has 3 N–H and O–H groups in total. The van der Waals surface area contributed by atoms with Crippen LogP contribution in [0.4, 0.5) is 11.4 Å². The summed E-state index contributed by atoms with van der Waals surface area (Å²) in [7, 11) is 1.38. The summed E-state index contributed by atoms with van der Waals surface area (Å²) >= 11 is 24.7. The maximum atomic E-state index is 11.5. The predicted octanol–water partition coefficient (Wildman–Crippen LogP) is 8.47. The number of esters is 1. The molecule has 9 nitrogen and oxygen atoms in total. The number of nitrogens with two attached hydrogens (primary N) is 1. The number of piperidine rings is 2. The lowest BCUT2D eigenvalue weighted by Crippen LogP contribution is -2.38. The van der Waals surface area contributed by atoms with Crippen LogP contribution in [0.2, 0.25) is 20.1 Å². The molecule has 0 atom stereocenters. The van der Waals surface area contributed by atoms with Crippen molar-refractivity contribution >= 4 is 69.7 Å². The normalized spacial score (nSPS) is 15.1. The van der Waals surface area contributed by atoms with E-state index >= 15 is 0 Å². The molecule has 0 spiro atoms. The van der Waals surface area contributed by atoms with Crippen LogP contribution in [0.1, 0.15) is 46.4 Å². The number of hydrogen-bond donors (Lipinski definition) is 2. The molecular weight excluding hydrogens is 722 g/mol. The highest BCUT2D eigenvalue weighted by Gasteiger charge is 2.24. The zero-order valence-corrected chi connectivity index (χ0v) is 30.4. The molecule has 6 rings (SSSR count). The molecule has 2 saturated heterocycles. The Kier molecular flexibility index (Phi) is 13.4. The van der Waals surface area contributed by atoms with Crippen molar-refractivity contribution in [1.29, 1.82) is 0 Å². The minimum absolute atomic E-state index is 0.0796. The number of nitrogens with one attached hydrogen (secondary N) is 1. The molecule has 0 radical (unpaired) electrons. The number of para-hydroxylation sites is 2. The van der Waals surface area contributed by atoms with Crippen molar-refractivity contribution in [2.45, 2.75) is 37.9 Å². The predicted molar refractivity (Wildman–Crippen MR) is 201 cm³/mol. The van der Waals surface area contributed by atoms with Gasteiger partial charge in [0.1, 0.15) is 12.2 Å². The Balaban J connectivity index is 0.000000194. The summed E-state index contributed by atoms with van der Waals surface area (Å²) in [6.45, 7) is 3.44. The number of anilines is 2. The fourth-order valence-corrected chi connectivity index (χ4v) is 6.79. The van der Waals surface area contributed by atoms with Gasteiger partial charge in [0.2, 0.25) is 0 Å². The van der Waals surface area contributed by atoms with Gasteiger partial charge >= 0.3 is 5.97 Å². The molecule has 0 aromatic heterocycles. The zero-order chi connectivity index (χ0) is 35.6. The molecule has 50 heavy (non-hydrogen) atoms. The topological polar surface area (TPSA) is 106 Å². The number of nitrogens with zero attached hydrogens (tertiary/aromatic N) is 2. The zero-order valence-electron chi connectivity index (χ0n) is 27.4. The Bertz CT molecular complexity index is 1570. The minimum atomic E-state index is -0.324. The molecule has 2 aliphatic heterocycles. The van der Waals surface area contributed by atoms with E-state index in [2.05, 4.69) is 15.2 Å². The number of methoxy groups -OCH3 is 1. The van der Waals surface area contributed by atoms with Crippen molar-refractivity contribution in [2.75, 3.05) is 43.1 Å². The molecule has 1 amide bonds. The Morgan fingerprint density at radius 2 is 0.980 bits per heavy atom. The monoisotopic (exact) mass is 758 g/mol. The molecule has 0 saturated carbocycles. The molecule has 2 heterocycles. The van der Waals surface area contributed by atoms with E-state index in [1.807, 2.05) is 24.3 Å². The van der Waals surface area contributed by atoms with Crippen molar-refractivity contribution in [3.8, 4) is 11.5 Å². The van der Waals surface area contributed by atoms with Crippen LogP contribution in [0.5, 0.6) is 11.5 Å². The molecule has 264 valence electrons. The van der Waals surface area contributed by atoms with Gasteiger partial charge in [-0.25, -0.2) is 10.6 Å². The van der Waals surface area contributed by atoms with Gasteiger partial charge in [-0.15, -0.1) is 0 Å². The summed E-state index contributed by atoms with van der Waals surface area (Å²) in [5, 5.41) is 2.13. The number of amides is 1. The van der Waals surface area contributed by atoms with E-state index in [9.17, 15) is 9.59 Å². The lowest BCUT2D eigenvalue weighted by atomic mass is 10.1. The van der Waals surface area contributed by atoms with Gasteiger partial charge in [-0.2, -0.15) is 0 Å². The molecule has 0 bridgehead atoms. The van der Waals surface area contributed by atoms with Crippen molar-refractivity contribution in [3.63, 3.8) is 0 Å². The van der Waals surface area contributed by atoms with Gasteiger partial charge < -0.3 is 24.0 Å². The maximum absolute atomic E-state index is 11.5. The van der Waals surface area contributed by atoms with Crippen LogP contribution in [-0.2, 0) is 4.74 Å². The third-order valence-corrected chi connectivity index (χ3v) is 9.76. The van der Waals surface area contributed by atoms with Gasteiger partial charge in [0.05, 0.1) is 32.8 Å². The first-order valence-corrected chi connectivity index (χ1v) is 17.7. The van der Waals surface area contributed by atoms with Crippen LogP contribution in [0.3, 0.4) is 0 Å². The van der Waals surface area contributed by atoms with Crippen LogP contribution in [-0.4, -0.2) is 57.4 Å². The second kappa shape index (κ2) is 17.9. The van der Waals surface area contributed by atoms with Crippen LogP contribution in [0.25, 0.3) is 0 Å². The second-order valence-corrected chi connectivity index (χ2v) is 13.4. The fraction of sp³-hybridized carbons (Fsp3) is 0.297. The van der Waals surface area contributed by atoms with Gasteiger partial charge in [0.25, 0.3) is 5.91 Å². The first kappa shape index (κ1) is 37.4. The summed E-state index contributed by atoms with van der Waals surface area (Å²) in [6.07, 6.45) is 3.65. The number of carbonyl (C=O) groups is 2. The largest absolute Gasteiger partial charge is 0.487 e. The number of benzene rings is 4. The third-order valence-electron chi connectivity index (χ3n) is 8.57. The Morgan fingerprint density at radius 3 is 1.32 bits per heavy atom. The summed E-state index contributed by atoms with van der Waals surface area (Å²) in [6, 6.07) is 25.6. The highest BCUT2D eigenvalue weighted by Crippen LogP contribution is 2.36. The van der Waals surface area contributed by atoms with E-state index in [1.165, 1.54) is 7.11 Å². The number of hydrazine groups is 1. The summed E-state index contributed by atoms with van der Waals surface area (Å²) in [5.74, 6) is 5.64. The van der Waals surface area contributed by atoms with Crippen LogP contribution < -0.4 is 30.5 Å². The first-order valence-electron chi connectivity index (χ1n) is 16.2.